The predicted molar refractivity (Wildman–Crippen MR) is 70.8 cm³/mol. The average Bonchev–Trinajstić information content (AvgIpc) is 2.26. The van der Waals surface area contributed by atoms with Gasteiger partial charge >= 0.3 is 0 Å². The zero-order valence-electron chi connectivity index (χ0n) is 10.2. The Morgan fingerprint density at radius 1 is 1.25 bits per heavy atom. The van der Waals surface area contributed by atoms with Crippen LogP contribution in [0.4, 0.5) is 5.69 Å². The lowest BCUT2D eigenvalue weighted by Crippen LogP contribution is -2.11. The third-order valence-corrected chi connectivity index (χ3v) is 2.10. The van der Waals surface area contributed by atoms with Crippen LogP contribution >= 0.6 is 0 Å². The Hall–Kier alpha value is -1.77. The van der Waals surface area contributed by atoms with Crippen LogP contribution in [-0.4, -0.2) is 12.8 Å². The predicted octanol–water partition coefficient (Wildman–Crippen LogP) is 2.77. The van der Waals surface area contributed by atoms with Gasteiger partial charge < -0.3 is 10.6 Å². The molecule has 1 aromatic carbocycles. The first-order valence-electron chi connectivity index (χ1n) is 5.33. The maximum atomic E-state index is 4.22. The monoisotopic (exact) mass is 217 g/mol. The fourth-order valence-electron chi connectivity index (χ4n) is 1.30. The van der Waals surface area contributed by atoms with Crippen LogP contribution in [0.3, 0.4) is 0 Å². The highest BCUT2D eigenvalue weighted by Crippen LogP contribution is 2.08. The van der Waals surface area contributed by atoms with Crippen molar-refractivity contribution in [3.63, 3.8) is 0 Å². The molecular formula is C13H19N3. The highest BCUT2D eigenvalue weighted by atomic mass is 15.0. The van der Waals surface area contributed by atoms with Gasteiger partial charge in [0.1, 0.15) is 5.82 Å². The van der Waals surface area contributed by atoms with Crippen molar-refractivity contribution >= 4 is 11.4 Å². The second kappa shape index (κ2) is 5.95. The Kier molecular flexibility index (Phi) is 4.58. The Balaban J connectivity index is 2.48. The minimum absolute atomic E-state index is 0.706. The first kappa shape index (κ1) is 12.3. The molecule has 0 amide bonds. The molecule has 86 valence electrons. The topological polar surface area (TPSA) is 36.4 Å². The number of nitrogens with zero attached hydrogens (tertiary/aromatic N) is 1. The number of nitrogens with one attached hydrogen (secondary N) is 2. The first-order valence-corrected chi connectivity index (χ1v) is 5.33. The summed E-state index contributed by atoms with van der Waals surface area (Å²) in [6, 6.07) is 8.26. The highest BCUT2D eigenvalue weighted by Gasteiger charge is 1.94. The molecule has 0 saturated heterocycles. The molecule has 0 heterocycles. The summed E-state index contributed by atoms with van der Waals surface area (Å²) in [6.07, 6.45) is 0. The summed E-state index contributed by atoms with van der Waals surface area (Å²) in [5.41, 5.74) is 3.33. The van der Waals surface area contributed by atoms with E-state index in [0.29, 0.717) is 5.82 Å². The standard InChI is InChI=1S/C13H19N3/c1-10(2)16-11(3)15-9-12-5-7-13(14-4)8-6-12/h5-8,14-15H,3,9H2,1-2,4H3. The van der Waals surface area contributed by atoms with Crippen LogP contribution in [-0.2, 0) is 6.54 Å². The van der Waals surface area contributed by atoms with Crippen molar-refractivity contribution in [1.82, 2.24) is 5.32 Å². The van der Waals surface area contributed by atoms with Crippen LogP contribution in [0, 0.1) is 0 Å². The normalized spacial score (nSPS) is 9.44. The van der Waals surface area contributed by atoms with E-state index < -0.39 is 0 Å². The lowest BCUT2D eigenvalue weighted by Gasteiger charge is -2.07. The van der Waals surface area contributed by atoms with Gasteiger partial charge in [-0.05, 0) is 31.5 Å². The van der Waals surface area contributed by atoms with E-state index >= 15 is 0 Å². The Morgan fingerprint density at radius 3 is 2.38 bits per heavy atom. The van der Waals surface area contributed by atoms with Gasteiger partial charge in [-0.3, -0.25) is 0 Å². The number of benzene rings is 1. The summed E-state index contributed by atoms with van der Waals surface area (Å²) in [5.74, 6) is 0.706. The molecule has 0 bridgehead atoms. The second-order valence-corrected chi connectivity index (χ2v) is 3.81. The molecule has 0 aliphatic carbocycles. The molecular weight excluding hydrogens is 198 g/mol. The van der Waals surface area contributed by atoms with Gasteiger partial charge in [0.15, 0.2) is 0 Å². The van der Waals surface area contributed by atoms with E-state index in [9.17, 15) is 0 Å². The summed E-state index contributed by atoms with van der Waals surface area (Å²) in [4.78, 5) is 4.22. The van der Waals surface area contributed by atoms with Crippen LogP contribution in [0.2, 0.25) is 0 Å². The van der Waals surface area contributed by atoms with Crippen LogP contribution in [0.1, 0.15) is 19.4 Å². The van der Waals surface area contributed by atoms with E-state index in [4.69, 9.17) is 0 Å². The van der Waals surface area contributed by atoms with Gasteiger partial charge in [0.25, 0.3) is 0 Å². The summed E-state index contributed by atoms with van der Waals surface area (Å²) < 4.78 is 0. The van der Waals surface area contributed by atoms with Crippen molar-refractivity contribution in [2.45, 2.75) is 20.4 Å². The number of rotatable bonds is 5. The van der Waals surface area contributed by atoms with Gasteiger partial charge in [-0.1, -0.05) is 18.7 Å². The second-order valence-electron chi connectivity index (χ2n) is 3.81. The van der Waals surface area contributed by atoms with E-state index in [-0.39, 0.29) is 0 Å². The minimum Gasteiger partial charge on any atom is -0.388 e. The Labute approximate surface area is 97.3 Å². The Morgan fingerprint density at radius 2 is 1.88 bits per heavy atom. The first-order chi connectivity index (χ1) is 7.61. The van der Waals surface area contributed by atoms with E-state index in [0.717, 1.165) is 17.9 Å². The van der Waals surface area contributed by atoms with Crippen LogP contribution in [0.25, 0.3) is 0 Å². The van der Waals surface area contributed by atoms with Gasteiger partial charge in [0.2, 0.25) is 0 Å². The average molecular weight is 217 g/mol. The Bertz CT molecular complexity index is 373. The fraction of sp³-hybridized carbons (Fsp3) is 0.308. The molecule has 0 aromatic heterocycles. The molecule has 0 aliphatic rings. The third-order valence-electron chi connectivity index (χ3n) is 2.10. The van der Waals surface area contributed by atoms with Gasteiger partial charge in [0.05, 0.1) is 0 Å². The molecule has 1 aromatic rings. The van der Waals surface area contributed by atoms with Gasteiger partial charge in [-0.2, -0.15) is 0 Å². The van der Waals surface area contributed by atoms with E-state index in [1.165, 1.54) is 5.56 Å². The molecule has 3 nitrogen and oxygen atoms in total. The van der Waals surface area contributed by atoms with Gasteiger partial charge in [-0.15, -0.1) is 0 Å². The molecule has 0 spiro atoms. The van der Waals surface area contributed by atoms with Crippen molar-refractivity contribution in [3.8, 4) is 0 Å². The van der Waals surface area contributed by atoms with Crippen molar-refractivity contribution in [2.24, 2.45) is 4.99 Å². The highest BCUT2D eigenvalue weighted by molar-refractivity contribution is 5.79. The van der Waals surface area contributed by atoms with Crippen LogP contribution in [0.15, 0.2) is 41.7 Å². The van der Waals surface area contributed by atoms with Gasteiger partial charge in [-0.25, -0.2) is 4.99 Å². The maximum absolute atomic E-state index is 4.22. The van der Waals surface area contributed by atoms with Gasteiger partial charge in [0, 0.05) is 25.0 Å². The van der Waals surface area contributed by atoms with Crippen LogP contribution in [0.5, 0.6) is 0 Å². The largest absolute Gasteiger partial charge is 0.388 e. The zero-order chi connectivity index (χ0) is 12.0. The fourth-order valence-corrected chi connectivity index (χ4v) is 1.30. The quantitative estimate of drug-likeness (QED) is 0.744. The molecule has 0 radical (unpaired) electrons. The molecule has 0 unspecified atom stereocenters. The molecule has 2 N–H and O–H groups in total. The molecule has 16 heavy (non-hydrogen) atoms. The molecule has 1 rings (SSSR count). The van der Waals surface area contributed by atoms with Crippen molar-refractivity contribution < 1.29 is 0 Å². The minimum atomic E-state index is 0.706. The molecule has 0 atom stereocenters. The van der Waals surface area contributed by atoms with E-state index in [1.54, 1.807) is 0 Å². The SMILES string of the molecule is C=C(N=C(C)C)NCc1ccc(NC)cc1. The molecule has 0 aliphatic heterocycles. The molecule has 0 fully saturated rings. The van der Waals surface area contributed by atoms with E-state index in [2.05, 4.69) is 34.3 Å². The lowest BCUT2D eigenvalue weighted by molar-refractivity contribution is 0.804. The summed E-state index contributed by atoms with van der Waals surface area (Å²) >= 11 is 0. The van der Waals surface area contributed by atoms with Crippen LogP contribution < -0.4 is 10.6 Å². The summed E-state index contributed by atoms with van der Waals surface area (Å²) in [6.45, 7) is 8.49. The summed E-state index contributed by atoms with van der Waals surface area (Å²) in [7, 11) is 1.91. The number of anilines is 1. The smallest absolute Gasteiger partial charge is 0.118 e. The molecule has 3 heteroatoms. The number of aliphatic imine (C=N–C) groups is 1. The van der Waals surface area contributed by atoms with E-state index in [1.807, 2.05) is 33.0 Å². The summed E-state index contributed by atoms with van der Waals surface area (Å²) in [5, 5.41) is 6.25. The molecule has 0 saturated carbocycles. The van der Waals surface area contributed by atoms with Crippen molar-refractivity contribution in [3.05, 3.63) is 42.2 Å². The van der Waals surface area contributed by atoms with Crippen molar-refractivity contribution in [2.75, 3.05) is 12.4 Å². The van der Waals surface area contributed by atoms with Crippen molar-refractivity contribution in [1.29, 1.82) is 0 Å². The maximum Gasteiger partial charge on any atom is 0.118 e. The number of hydrogen-bond acceptors (Lipinski definition) is 3. The third kappa shape index (κ3) is 4.17. The lowest BCUT2D eigenvalue weighted by atomic mass is 10.2. The number of hydrogen-bond donors (Lipinski definition) is 2. The zero-order valence-corrected chi connectivity index (χ0v) is 10.2.